The molecule has 2 aliphatic rings. The van der Waals surface area contributed by atoms with Crippen molar-refractivity contribution in [2.24, 2.45) is 5.73 Å². The lowest BCUT2D eigenvalue weighted by molar-refractivity contribution is -0.117. The summed E-state index contributed by atoms with van der Waals surface area (Å²) in [5.74, 6) is -0.739. The first-order chi connectivity index (χ1) is 43.8. The fourth-order valence-corrected chi connectivity index (χ4v) is 11.8. The minimum Gasteiger partial charge on any atom is -0.395 e. The molecule has 0 aliphatic carbocycles. The number of nitrogens with two attached hydrogens (primary N) is 1. The van der Waals surface area contributed by atoms with Crippen LogP contribution in [-0.4, -0.2) is 165 Å². The van der Waals surface area contributed by atoms with E-state index < -0.39 is 5.91 Å². The summed E-state index contributed by atoms with van der Waals surface area (Å²) in [5.41, 5.74) is 16.5. The minimum absolute atomic E-state index is 0. The van der Waals surface area contributed by atoms with Gasteiger partial charge in [-0.2, -0.15) is 10.2 Å². The Morgan fingerprint density at radius 1 is 0.604 bits per heavy atom. The predicted molar refractivity (Wildman–Crippen MR) is 365 cm³/mol. The van der Waals surface area contributed by atoms with Crippen LogP contribution in [-0.2, 0) is 58.0 Å². The molecular formula is C68H103ClN14O8. The molecule has 500 valence electrons. The first-order valence-corrected chi connectivity index (χ1v) is 33.2. The quantitative estimate of drug-likeness (QED) is 0.0170. The Balaban J connectivity index is 0.000000286. The van der Waals surface area contributed by atoms with Crippen LogP contribution in [0.5, 0.6) is 0 Å². The van der Waals surface area contributed by atoms with Gasteiger partial charge in [0.25, 0.3) is 5.91 Å². The van der Waals surface area contributed by atoms with Gasteiger partial charge in [0.1, 0.15) is 0 Å². The minimum atomic E-state index is -0.504. The lowest BCUT2D eigenvalue weighted by Gasteiger charge is -2.27. The van der Waals surface area contributed by atoms with Crippen molar-refractivity contribution in [2.45, 2.75) is 181 Å². The Morgan fingerprint density at radius 3 is 1.53 bits per heavy atom. The Morgan fingerprint density at radius 2 is 1.05 bits per heavy atom. The molecular weight excluding hydrogens is 1180 g/mol. The van der Waals surface area contributed by atoms with E-state index in [-0.39, 0.29) is 55.4 Å². The van der Waals surface area contributed by atoms with E-state index in [2.05, 4.69) is 74.3 Å². The highest BCUT2D eigenvalue weighted by Crippen LogP contribution is 2.35. The fourth-order valence-electron chi connectivity index (χ4n) is 11.8. The molecule has 4 aromatic heterocycles. The lowest BCUT2D eigenvalue weighted by Crippen LogP contribution is -2.30. The molecule has 9 N–H and O–H groups in total. The van der Waals surface area contributed by atoms with E-state index in [4.69, 9.17) is 35.4 Å². The van der Waals surface area contributed by atoms with Gasteiger partial charge in [-0.1, -0.05) is 52.4 Å². The number of rotatable bonds is 36. The molecule has 8 rings (SSSR count). The van der Waals surface area contributed by atoms with Gasteiger partial charge in [-0.05, 0) is 153 Å². The first-order valence-electron chi connectivity index (χ1n) is 33.2. The summed E-state index contributed by atoms with van der Waals surface area (Å²) in [6, 6.07) is 12.9. The molecule has 2 aromatic carbocycles. The number of pyridine rings is 2. The maximum Gasteiger partial charge on any atom is 0.251 e. The third-order valence-electron chi connectivity index (χ3n) is 17.1. The van der Waals surface area contributed by atoms with Gasteiger partial charge in [0.15, 0.2) is 11.3 Å². The van der Waals surface area contributed by atoms with Crippen LogP contribution in [0.15, 0.2) is 54.9 Å². The van der Waals surface area contributed by atoms with Crippen LogP contribution in [0.2, 0.25) is 0 Å². The van der Waals surface area contributed by atoms with Crippen molar-refractivity contribution in [2.75, 3.05) is 101 Å². The molecule has 0 unspecified atom stereocenters. The van der Waals surface area contributed by atoms with E-state index in [1.54, 1.807) is 36.4 Å². The van der Waals surface area contributed by atoms with E-state index >= 15 is 0 Å². The van der Waals surface area contributed by atoms with Gasteiger partial charge in [0.05, 0.1) is 47.8 Å². The summed E-state index contributed by atoms with van der Waals surface area (Å²) in [5, 5.41) is 45.7. The number of benzene rings is 2. The predicted octanol–water partition coefficient (Wildman–Crippen LogP) is 9.66. The average molecular weight is 1280 g/mol. The molecule has 0 saturated carbocycles. The number of halogens is 1. The second-order valence-corrected chi connectivity index (χ2v) is 23.8. The SMILES string of the molecule is CCc1nc2c(cnn2CC)c(NC2CCOCC2)c1CNC(=O)c1ccc(NC(=O)CCCCCCCN(C)CCO)cc1.CCc1nc2c(cnn2CC)c(NC2CCOCC2)c1Cc1cc(NC(=O)CCCCCCCN(C)CCO)ccc1C(N)=O.Cl. The zero-order valence-electron chi connectivity index (χ0n) is 54.9. The van der Waals surface area contributed by atoms with Crippen molar-refractivity contribution in [3.63, 3.8) is 0 Å². The number of nitrogens with one attached hydrogen (secondary N) is 5. The highest BCUT2D eigenvalue weighted by molar-refractivity contribution is 5.98. The van der Waals surface area contributed by atoms with Crippen LogP contribution in [0.4, 0.5) is 22.7 Å². The summed E-state index contributed by atoms with van der Waals surface area (Å²) in [4.78, 5) is 65.3. The molecule has 6 heterocycles. The molecule has 0 bridgehead atoms. The number of hydrogen-bond acceptors (Lipinski definition) is 16. The average Bonchev–Trinajstić information content (AvgIpc) is 1.74. The van der Waals surface area contributed by atoms with Gasteiger partial charge >= 0.3 is 0 Å². The molecule has 2 aliphatic heterocycles. The van der Waals surface area contributed by atoms with Gasteiger partial charge in [-0.3, -0.25) is 19.2 Å². The summed E-state index contributed by atoms with van der Waals surface area (Å²) in [6.45, 7) is 16.7. The number of aromatic nitrogens is 6. The van der Waals surface area contributed by atoms with E-state index in [1.165, 1.54) is 0 Å². The van der Waals surface area contributed by atoms with Gasteiger partial charge in [-0.15, -0.1) is 12.4 Å². The molecule has 0 spiro atoms. The van der Waals surface area contributed by atoms with Crippen molar-refractivity contribution in [1.29, 1.82) is 0 Å². The number of unbranched alkanes of at least 4 members (excludes halogenated alkanes) is 8. The molecule has 4 amide bonds. The van der Waals surface area contributed by atoms with Gasteiger partial charge in [0, 0.05) is 136 Å². The number of carbonyl (C=O) groups is 4. The third-order valence-corrected chi connectivity index (χ3v) is 17.1. The molecule has 91 heavy (non-hydrogen) atoms. The lowest BCUT2D eigenvalue weighted by atomic mass is 9.94. The van der Waals surface area contributed by atoms with Gasteiger partial charge < -0.3 is 61.8 Å². The first kappa shape index (κ1) is 73.3. The van der Waals surface area contributed by atoms with E-state index in [9.17, 15) is 19.2 Å². The van der Waals surface area contributed by atoms with Crippen LogP contribution < -0.4 is 32.3 Å². The normalized spacial score (nSPS) is 13.7. The van der Waals surface area contributed by atoms with Crippen LogP contribution in [0.25, 0.3) is 22.1 Å². The van der Waals surface area contributed by atoms with Crippen LogP contribution in [0, 0.1) is 0 Å². The second kappa shape index (κ2) is 38.9. The number of aliphatic hydroxyl groups excluding tert-OH is 2. The van der Waals surface area contributed by atoms with Gasteiger partial charge in [-0.25, -0.2) is 19.3 Å². The number of aryl methyl sites for hydroxylation is 4. The molecule has 2 saturated heterocycles. The Kier molecular flexibility index (Phi) is 31.3. The number of primary amides is 1. The largest absolute Gasteiger partial charge is 0.395 e. The van der Waals surface area contributed by atoms with E-state index in [0.29, 0.717) is 87.6 Å². The molecule has 2 fully saturated rings. The number of anilines is 4. The van der Waals surface area contributed by atoms with Crippen molar-refractivity contribution in [1.82, 2.24) is 44.6 Å². The van der Waals surface area contributed by atoms with Crippen LogP contribution in [0.1, 0.15) is 179 Å². The van der Waals surface area contributed by atoms with E-state index in [0.717, 1.165) is 191 Å². The van der Waals surface area contributed by atoms with Crippen molar-refractivity contribution in [3.05, 3.63) is 94.1 Å². The molecule has 22 nitrogen and oxygen atoms in total. The van der Waals surface area contributed by atoms with Crippen LogP contribution >= 0.6 is 12.4 Å². The Labute approximate surface area is 544 Å². The number of ether oxygens (including phenoxy) is 2. The van der Waals surface area contributed by atoms with Crippen LogP contribution in [0.3, 0.4) is 0 Å². The summed E-state index contributed by atoms with van der Waals surface area (Å²) in [7, 11) is 4.04. The standard InChI is InChI=1S/2C34H51N7O4.ClH/c1-4-30-28(32(38-27-16-21-45-22-17-27)29-24-36-41(5-2)33(29)39-30)23-35-34(44)25-12-14-26(15-13-25)37-31(43)11-9-7-6-8-10-18-40(3)19-20-42;1-4-30-28(32(38-25-14-19-45-20-15-25)29-23-36-41(5-2)34(29)39-30)22-24-21-26(12-13-27(24)33(35)44)37-31(43)11-9-7-6-8-10-16-40(3)17-18-42;/h12-15,24,27,42H,4-11,16-23H2,1-3H3,(H,35,44)(H,37,43)(H,38,39);12-13,21,23,25,42H,4-11,14-20,22H2,1-3H3,(H2,35,44)(H,37,43)(H,38,39);1H. The van der Waals surface area contributed by atoms with Gasteiger partial charge in [0.2, 0.25) is 17.7 Å². The monoisotopic (exact) mass is 1280 g/mol. The highest BCUT2D eigenvalue weighted by Gasteiger charge is 2.25. The Hall–Kier alpha value is -6.79. The third kappa shape index (κ3) is 22.2. The van der Waals surface area contributed by atoms with Crippen molar-refractivity contribution < 1.29 is 38.9 Å². The number of aliphatic hydroxyl groups is 2. The van der Waals surface area contributed by atoms with Crippen molar-refractivity contribution in [3.8, 4) is 0 Å². The maximum absolute atomic E-state index is 13.2. The number of likely N-dealkylation sites (N-methyl/N-ethyl adjacent to an activating group) is 2. The summed E-state index contributed by atoms with van der Waals surface area (Å²) < 4.78 is 15.0. The molecule has 6 aromatic rings. The Bertz CT molecular complexity index is 3220. The molecule has 0 atom stereocenters. The fraction of sp³-hybridized carbons (Fsp3) is 0.588. The maximum atomic E-state index is 13.2. The topological polar surface area (TPSA) is 281 Å². The molecule has 23 heteroatoms. The number of carbonyl (C=O) groups excluding carboxylic acids is 4. The number of fused-ring (bicyclic) bond motifs is 2. The zero-order chi connectivity index (χ0) is 64.2. The van der Waals surface area contributed by atoms with Crippen molar-refractivity contribution >= 4 is 80.9 Å². The highest BCUT2D eigenvalue weighted by atomic mass is 35.5. The number of hydrogen-bond donors (Lipinski definition) is 8. The number of amides is 4. The summed E-state index contributed by atoms with van der Waals surface area (Å²) in [6.07, 6.45) is 20.5. The molecule has 0 radical (unpaired) electrons. The smallest absolute Gasteiger partial charge is 0.251 e. The number of nitrogens with zero attached hydrogens (tertiary/aromatic N) is 8. The summed E-state index contributed by atoms with van der Waals surface area (Å²) >= 11 is 0. The van der Waals surface area contributed by atoms with E-state index in [1.807, 2.05) is 41.9 Å². The zero-order valence-corrected chi connectivity index (χ0v) is 55.7. The second-order valence-electron chi connectivity index (χ2n) is 23.8.